The number of nitrogens with one attached hydrogen (secondary N) is 1. The van der Waals surface area contributed by atoms with Gasteiger partial charge in [0.1, 0.15) is 5.78 Å². The van der Waals surface area contributed by atoms with E-state index in [2.05, 4.69) is 5.32 Å². The molecule has 2 aliphatic heterocycles. The molecule has 96 valence electrons. The summed E-state index contributed by atoms with van der Waals surface area (Å²) < 4.78 is 6.00. The highest BCUT2D eigenvalue weighted by molar-refractivity contribution is 5.84. The van der Waals surface area contributed by atoms with Crippen molar-refractivity contribution in [3.63, 3.8) is 0 Å². The molecule has 0 bridgehead atoms. The van der Waals surface area contributed by atoms with Crippen LogP contribution in [0.4, 0.5) is 0 Å². The molecule has 2 heterocycles. The van der Waals surface area contributed by atoms with Crippen molar-refractivity contribution in [1.82, 2.24) is 5.32 Å². The van der Waals surface area contributed by atoms with Crippen LogP contribution in [-0.4, -0.2) is 31.1 Å². The van der Waals surface area contributed by atoms with Crippen LogP contribution in [0.5, 0.6) is 0 Å². The maximum Gasteiger partial charge on any atom is 0.140 e. The first-order valence-electron chi connectivity index (χ1n) is 7.18. The molecular formula is C14H23NO2. The van der Waals surface area contributed by atoms with E-state index in [1.165, 1.54) is 25.7 Å². The van der Waals surface area contributed by atoms with Gasteiger partial charge in [0, 0.05) is 25.0 Å². The van der Waals surface area contributed by atoms with Crippen molar-refractivity contribution >= 4 is 5.78 Å². The molecule has 0 aromatic heterocycles. The first-order valence-corrected chi connectivity index (χ1v) is 7.18. The fourth-order valence-corrected chi connectivity index (χ4v) is 3.87. The van der Waals surface area contributed by atoms with Crippen LogP contribution in [0.3, 0.4) is 0 Å². The molecule has 3 fully saturated rings. The number of ether oxygens (including phenoxy) is 1. The molecule has 3 heteroatoms. The molecule has 0 radical (unpaired) electrons. The molecule has 1 N–H and O–H groups in total. The van der Waals surface area contributed by atoms with Crippen LogP contribution in [0.25, 0.3) is 0 Å². The van der Waals surface area contributed by atoms with E-state index < -0.39 is 0 Å². The van der Waals surface area contributed by atoms with Gasteiger partial charge in [-0.1, -0.05) is 12.8 Å². The van der Waals surface area contributed by atoms with Crippen molar-refractivity contribution < 1.29 is 9.53 Å². The Morgan fingerprint density at radius 2 is 2.00 bits per heavy atom. The first kappa shape index (κ1) is 11.7. The third-order valence-electron chi connectivity index (χ3n) is 4.87. The normalized spacial score (nSPS) is 36.5. The largest absolute Gasteiger partial charge is 0.375 e. The Morgan fingerprint density at radius 3 is 2.71 bits per heavy atom. The Morgan fingerprint density at radius 1 is 1.18 bits per heavy atom. The predicted octanol–water partition coefficient (Wildman–Crippen LogP) is 1.90. The van der Waals surface area contributed by atoms with Gasteiger partial charge in [-0.05, 0) is 38.6 Å². The molecular weight excluding hydrogens is 214 g/mol. The van der Waals surface area contributed by atoms with Crippen LogP contribution in [-0.2, 0) is 9.53 Å². The second kappa shape index (κ2) is 4.69. The standard InChI is InChI=1S/C14H23NO2/c16-13(12-3-7-15-10-12)11-4-8-17-14(9-11)5-1-2-6-14/h11-12,15H,1-10H2. The van der Waals surface area contributed by atoms with E-state index in [1.807, 2.05) is 0 Å². The van der Waals surface area contributed by atoms with Gasteiger partial charge < -0.3 is 10.1 Å². The minimum Gasteiger partial charge on any atom is -0.375 e. The Labute approximate surface area is 103 Å². The van der Waals surface area contributed by atoms with Crippen LogP contribution >= 0.6 is 0 Å². The molecule has 3 nitrogen and oxygen atoms in total. The Kier molecular flexibility index (Phi) is 3.22. The topological polar surface area (TPSA) is 38.3 Å². The first-order chi connectivity index (χ1) is 8.29. The van der Waals surface area contributed by atoms with Crippen molar-refractivity contribution in [2.45, 2.75) is 50.5 Å². The lowest BCUT2D eigenvalue weighted by Gasteiger charge is -2.38. The lowest BCUT2D eigenvalue weighted by Crippen LogP contribution is -2.41. The lowest BCUT2D eigenvalue weighted by atomic mass is 9.79. The van der Waals surface area contributed by atoms with E-state index in [9.17, 15) is 4.79 Å². The van der Waals surface area contributed by atoms with Crippen molar-refractivity contribution in [3.05, 3.63) is 0 Å². The quantitative estimate of drug-likeness (QED) is 0.797. The van der Waals surface area contributed by atoms with Gasteiger partial charge in [0.05, 0.1) is 5.60 Å². The Balaban J connectivity index is 1.64. The second-order valence-electron chi connectivity index (χ2n) is 6.02. The van der Waals surface area contributed by atoms with E-state index in [0.717, 1.165) is 39.0 Å². The number of ketones is 1. The SMILES string of the molecule is O=C(C1CCNC1)C1CCOC2(CCCC2)C1. The van der Waals surface area contributed by atoms with E-state index in [1.54, 1.807) is 0 Å². The molecule has 1 spiro atoms. The van der Waals surface area contributed by atoms with E-state index in [0.29, 0.717) is 5.78 Å². The van der Waals surface area contributed by atoms with Crippen molar-refractivity contribution in [2.75, 3.05) is 19.7 Å². The molecule has 2 unspecified atom stereocenters. The molecule has 3 aliphatic rings. The number of rotatable bonds is 2. The fourth-order valence-electron chi connectivity index (χ4n) is 3.87. The predicted molar refractivity (Wildman–Crippen MR) is 65.9 cm³/mol. The van der Waals surface area contributed by atoms with Crippen molar-refractivity contribution in [2.24, 2.45) is 11.8 Å². The summed E-state index contributed by atoms with van der Waals surface area (Å²) >= 11 is 0. The van der Waals surface area contributed by atoms with Gasteiger partial charge in [-0.3, -0.25) is 4.79 Å². The monoisotopic (exact) mass is 237 g/mol. The summed E-state index contributed by atoms with van der Waals surface area (Å²) in [6.07, 6.45) is 7.93. The van der Waals surface area contributed by atoms with Crippen LogP contribution < -0.4 is 5.32 Å². The molecule has 1 aliphatic carbocycles. The van der Waals surface area contributed by atoms with Crippen LogP contribution in [0.2, 0.25) is 0 Å². The minimum atomic E-state index is 0.0879. The van der Waals surface area contributed by atoms with Gasteiger partial charge in [-0.2, -0.15) is 0 Å². The highest BCUT2D eigenvalue weighted by Crippen LogP contribution is 2.42. The smallest absolute Gasteiger partial charge is 0.140 e. The summed E-state index contributed by atoms with van der Waals surface area (Å²) in [5.41, 5.74) is 0.0879. The van der Waals surface area contributed by atoms with Gasteiger partial charge in [0.15, 0.2) is 0 Å². The summed E-state index contributed by atoms with van der Waals surface area (Å²) in [5, 5.41) is 3.30. The molecule has 3 rings (SSSR count). The molecule has 1 saturated carbocycles. The molecule has 17 heavy (non-hydrogen) atoms. The summed E-state index contributed by atoms with van der Waals surface area (Å²) in [6, 6.07) is 0. The lowest BCUT2D eigenvalue weighted by molar-refractivity contribution is -0.139. The summed E-state index contributed by atoms with van der Waals surface area (Å²) in [4.78, 5) is 12.4. The molecule has 0 aromatic carbocycles. The zero-order chi connectivity index (χ0) is 11.7. The highest BCUT2D eigenvalue weighted by Gasteiger charge is 2.43. The number of hydrogen-bond acceptors (Lipinski definition) is 3. The number of hydrogen-bond donors (Lipinski definition) is 1. The number of carbonyl (C=O) groups excluding carboxylic acids is 1. The van der Waals surface area contributed by atoms with Gasteiger partial charge >= 0.3 is 0 Å². The Hall–Kier alpha value is -0.410. The zero-order valence-electron chi connectivity index (χ0n) is 10.5. The van der Waals surface area contributed by atoms with Gasteiger partial charge in [-0.15, -0.1) is 0 Å². The third kappa shape index (κ3) is 2.27. The maximum absolute atomic E-state index is 12.4. The average molecular weight is 237 g/mol. The maximum atomic E-state index is 12.4. The summed E-state index contributed by atoms with van der Waals surface area (Å²) in [7, 11) is 0. The Bertz CT molecular complexity index is 291. The van der Waals surface area contributed by atoms with Gasteiger partial charge in [0.2, 0.25) is 0 Å². The number of carbonyl (C=O) groups is 1. The van der Waals surface area contributed by atoms with Crippen LogP contribution in [0.15, 0.2) is 0 Å². The molecule has 0 aromatic rings. The van der Waals surface area contributed by atoms with E-state index in [-0.39, 0.29) is 17.4 Å². The summed E-state index contributed by atoms with van der Waals surface area (Å²) in [6.45, 7) is 2.73. The number of Topliss-reactive ketones (excluding diaryl/α,β-unsaturated/α-hetero) is 1. The van der Waals surface area contributed by atoms with Gasteiger partial charge in [0.25, 0.3) is 0 Å². The molecule has 2 atom stereocenters. The van der Waals surface area contributed by atoms with E-state index >= 15 is 0 Å². The third-order valence-corrected chi connectivity index (χ3v) is 4.87. The fraction of sp³-hybridized carbons (Fsp3) is 0.929. The molecule has 2 saturated heterocycles. The van der Waals surface area contributed by atoms with Gasteiger partial charge in [-0.25, -0.2) is 0 Å². The van der Waals surface area contributed by atoms with Crippen LogP contribution in [0, 0.1) is 11.8 Å². The van der Waals surface area contributed by atoms with Crippen molar-refractivity contribution in [3.8, 4) is 0 Å². The minimum absolute atomic E-state index is 0.0879. The van der Waals surface area contributed by atoms with Crippen LogP contribution in [0.1, 0.15) is 44.9 Å². The zero-order valence-corrected chi connectivity index (χ0v) is 10.5. The molecule has 0 amide bonds. The van der Waals surface area contributed by atoms with Crippen molar-refractivity contribution in [1.29, 1.82) is 0 Å². The summed E-state index contributed by atoms with van der Waals surface area (Å²) in [5.74, 6) is 1.09. The van der Waals surface area contributed by atoms with E-state index in [4.69, 9.17) is 4.74 Å². The average Bonchev–Trinajstić information content (AvgIpc) is 3.00. The second-order valence-corrected chi connectivity index (χ2v) is 6.02. The highest BCUT2D eigenvalue weighted by atomic mass is 16.5.